The maximum absolute atomic E-state index is 10.7. The average molecular weight is 186 g/mol. The van der Waals surface area contributed by atoms with E-state index in [1.807, 2.05) is 6.92 Å². The molecule has 0 heterocycles. The summed E-state index contributed by atoms with van der Waals surface area (Å²) in [6.45, 7) is 3.53. The Balaban J connectivity index is 3.80. The van der Waals surface area contributed by atoms with Crippen molar-refractivity contribution in [1.82, 2.24) is 0 Å². The van der Waals surface area contributed by atoms with E-state index in [0.29, 0.717) is 19.3 Å². The molecule has 1 unspecified atom stereocenters. The second-order valence-electron chi connectivity index (χ2n) is 3.42. The van der Waals surface area contributed by atoms with E-state index in [1.165, 1.54) is 6.92 Å². The minimum Gasteiger partial charge on any atom is -0.481 e. The van der Waals surface area contributed by atoms with Crippen LogP contribution in [0.2, 0.25) is 0 Å². The van der Waals surface area contributed by atoms with Crippen molar-refractivity contribution < 1.29 is 14.7 Å². The first kappa shape index (κ1) is 12.1. The van der Waals surface area contributed by atoms with E-state index in [1.54, 1.807) is 0 Å². The SMILES string of the molecule is CCCCC(CCC(C)=O)C(=O)O. The highest BCUT2D eigenvalue weighted by molar-refractivity contribution is 5.76. The molecule has 76 valence electrons. The van der Waals surface area contributed by atoms with Crippen molar-refractivity contribution in [3.05, 3.63) is 0 Å². The summed E-state index contributed by atoms with van der Waals surface area (Å²) in [4.78, 5) is 21.4. The quantitative estimate of drug-likeness (QED) is 0.663. The van der Waals surface area contributed by atoms with Gasteiger partial charge in [0.2, 0.25) is 0 Å². The molecule has 1 atom stereocenters. The second kappa shape index (κ2) is 6.63. The third-order valence-electron chi connectivity index (χ3n) is 2.10. The van der Waals surface area contributed by atoms with E-state index in [-0.39, 0.29) is 11.7 Å². The summed E-state index contributed by atoms with van der Waals surface area (Å²) >= 11 is 0. The van der Waals surface area contributed by atoms with Crippen LogP contribution in [0.1, 0.15) is 46.0 Å². The lowest BCUT2D eigenvalue weighted by atomic mass is 9.96. The predicted octanol–water partition coefficient (Wildman–Crippen LogP) is 2.25. The first-order valence-corrected chi connectivity index (χ1v) is 4.80. The molecule has 0 saturated carbocycles. The number of carbonyl (C=O) groups excluding carboxylic acids is 1. The second-order valence-corrected chi connectivity index (χ2v) is 3.42. The molecular weight excluding hydrogens is 168 g/mol. The van der Waals surface area contributed by atoms with Crippen LogP contribution in [0.25, 0.3) is 0 Å². The Morgan fingerprint density at radius 3 is 2.31 bits per heavy atom. The molecule has 0 amide bonds. The van der Waals surface area contributed by atoms with Gasteiger partial charge in [-0.15, -0.1) is 0 Å². The maximum Gasteiger partial charge on any atom is 0.306 e. The number of hydrogen-bond donors (Lipinski definition) is 1. The summed E-state index contributed by atoms with van der Waals surface area (Å²) in [6, 6.07) is 0. The highest BCUT2D eigenvalue weighted by atomic mass is 16.4. The lowest BCUT2D eigenvalue weighted by molar-refractivity contribution is -0.142. The third kappa shape index (κ3) is 6.31. The van der Waals surface area contributed by atoms with Gasteiger partial charge in [0.05, 0.1) is 5.92 Å². The number of Topliss-reactive ketones (excluding diaryl/α,β-unsaturated/α-hetero) is 1. The molecule has 0 radical (unpaired) electrons. The molecule has 0 aromatic carbocycles. The van der Waals surface area contributed by atoms with Gasteiger partial charge < -0.3 is 9.90 Å². The number of hydrogen-bond acceptors (Lipinski definition) is 2. The molecule has 0 fully saturated rings. The van der Waals surface area contributed by atoms with Crippen LogP contribution < -0.4 is 0 Å². The van der Waals surface area contributed by atoms with Gasteiger partial charge in [0.15, 0.2) is 0 Å². The predicted molar refractivity (Wildman–Crippen MR) is 50.6 cm³/mol. The molecule has 0 bridgehead atoms. The molecule has 3 nitrogen and oxygen atoms in total. The molecule has 0 spiro atoms. The summed E-state index contributed by atoms with van der Waals surface area (Å²) in [7, 11) is 0. The number of ketones is 1. The molecule has 0 aliphatic carbocycles. The van der Waals surface area contributed by atoms with Gasteiger partial charge in [0, 0.05) is 6.42 Å². The van der Waals surface area contributed by atoms with Crippen LogP contribution in [0.5, 0.6) is 0 Å². The van der Waals surface area contributed by atoms with E-state index >= 15 is 0 Å². The minimum absolute atomic E-state index is 0.0720. The Morgan fingerprint density at radius 1 is 1.31 bits per heavy atom. The lowest BCUT2D eigenvalue weighted by Gasteiger charge is -2.09. The Kier molecular flexibility index (Phi) is 6.20. The van der Waals surface area contributed by atoms with Gasteiger partial charge in [-0.3, -0.25) is 4.79 Å². The number of unbranched alkanes of at least 4 members (excludes halogenated alkanes) is 1. The van der Waals surface area contributed by atoms with Crippen molar-refractivity contribution in [3.63, 3.8) is 0 Å². The number of carboxylic acids is 1. The highest BCUT2D eigenvalue weighted by Crippen LogP contribution is 2.15. The van der Waals surface area contributed by atoms with Crippen LogP contribution in [-0.2, 0) is 9.59 Å². The molecule has 0 aromatic rings. The molecular formula is C10H18O3. The monoisotopic (exact) mass is 186 g/mol. The highest BCUT2D eigenvalue weighted by Gasteiger charge is 2.16. The molecule has 0 aliphatic rings. The largest absolute Gasteiger partial charge is 0.481 e. The molecule has 1 N–H and O–H groups in total. The van der Waals surface area contributed by atoms with Crippen LogP contribution in [0, 0.1) is 5.92 Å². The summed E-state index contributed by atoms with van der Waals surface area (Å²) < 4.78 is 0. The van der Waals surface area contributed by atoms with E-state index < -0.39 is 5.97 Å². The first-order valence-electron chi connectivity index (χ1n) is 4.80. The molecule has 13 heavy (non-hydrogen) atoms. The first-order chi connectivity index (χ1) is 6.07. The zero-order valence-electron chi connectivity index (χ0n) is 8.38. The van der Waals surface area contributed by atoms with Crippen molar-refractivity contribution in [2.24, 2.45) is 5.92 Å². The standard InChI is InChI=1S/C10H18O3/c1-3-4-5-9(10(12)13)7-6-8(2)11/h9H,3-7H2,1-2H3,(H,12,13). The van der Waals surface area contributed by atoms with Crippen LogP contribution in [-0.4, -0.2) is 16.9 Å². The van der Waals surface area contributed by atoms with Gasteiger partial charge in [-0.05, 0) is 19.8 Å². The number of carbonyl (C=O) groups is 2. The topological polar surface area (TPSA) is 54.4 Å². The van der Waals surface area contributed by atoms with Gasteiger partial charge in [0.25, 0.3) is 0 Å². The van der Waals surface area contributed by atoms with Crippen molar-refractivity contribution in [2.75, 3.05) is 0 Å². The number of rotatable bonds is 7. The van der Waals surface area contributed by atoms with Gasteiger partial charge in [-0.1, -0.05) is 19.8 Å². The maximum atomic E-state index is 10.7. The number of aliphatic carboxylic acids is 1. The third-order valence-corrected chi connectivity index (χ3v) is 2.10. The lowest BCUT2D eigenvalue weighted by Crippen LogP contribution is -2.14. The van der Waals surface area contributed by atoms with Gasteiger partial charge in [-0.2, -0.15) is 0 Å². The fourth-order valence-electron chi connectivity index (χ4n) is 1.22. The van der Waals surface area contributed by atoms with Crippen molar-refractivity contribution in [2.45, 2.75) is 46.0 Å². The molecule has 0 rings (SSSR count). The molecule has 0 aliphatic heterocycles. The van der Waals surface area contributed by atoms with Gasteiger partial charge >= 0.3 is 5.97 Å². The Hall–Kier alpha value is -0.860. The fraction of sp³-hybridized carbons (Fsp3) is 0.800. The van der Waals surface area contributed by atoms with E-state index in [4.69, 9.17) is 5.11 Å². The normalized spacial score (nSPS) is 12.5. The van der Waals surface area contributed by atoms with Gasteiger partial charge in [-0.25, -0.2) is 0 Å². The average Bonchev–Trinajstić information content (AvgIpc) is 2.03. The Morgan fingerprint density at radius 2 is 1.92 bits per heavy atom. The molecule has 3 heteroatoms. The summed E-state index contributed by atoms with van der Waals surface area (Å²) in [5.74, 6) is -1.03. The molecule has 0 saturated heterocycles. The van der Waals surface area contributed by atoms with E-state index in [2.05, 4.69) is 0 Å². The van der Waals surface area contributed by atoms with Crippen LogP contribution in [0.15, 0.2) is 0 Å². The van der Waals surface area contributed by atoms with E-state index in [9.17, 15) is 9.59 Å². The van der Waals surface area contributed by atoms with E-state index in [0.717, 1.165) is 12.8 Å². The molecule has 0 aromatic heterocycles. The van der Waals surface area contributed by atoms with Crippen LogP contribution >= 0.6 is 0 Å². The van der Waals surface area contributed by atoms with Crippen molar-refractivity contribution in [3.8, 4) is 0 Å². The van der Waals surface area contributed by atoms with Crippen LogP contribution in [0.4, 0.5) is 0 Å². The number of carboxylic acid groups (broad SMARTS) is 1. The zero-order valence-corrected chi connectivity index (χ0v) is 8.38. The fourth-order valence-corrected chi connectivity index (χ4v) is 1.22. The summed E-state index contributed by atoms with van der Waals surface area (Å²) in [6.07, 6.45) is 3.50. The van der Waals surface area contributed by atoms with Gasteiger partial charge in [0.1, 0.15) is 5.78 Å². The van der Waals surface area contributed by atoms with Crippen molar-refractivity contribution in [1.29, 1.82) is 0 Å². The minimum atomic E-state index is -0.769. The zero-order chi connectivity index (χ0) is 10.3. The van der Waals surface area contributed by atoms with Crippen molar-refractivity contribution >= 4 is 11.8 Å². The smallest absolute Gasteiger partial charge is 0.306 e. The summed E-state index contributed by atoms with van der Waals surface area (Å²) in [5, 5.41) is 8.80. The Labute approximate surface area is 79.1 Å². The Bertz CT molecular complexity index is 175. The summed E-state index contributed by atoms with van der Waals surface area (Å²) in [5.41, 5.74) is 0. The van der Waals surface area contributed by atoms with Crippen LogP contribution in [0.3, 0.4) is 0 Å².